The minimum absolute atomic E-state index is 0.00259. The van der Waals surface area contributed by atoms with E-state index in [2.05, 4.69) is 20.6 Å². The van der Waals surface area contributed by atoms with E-state index >= 15 is 0 Å². The molecule has 0 atom stereocenters. The second-order valence-corrected chi connectivity index (χ2v) is 13.6. The van der Waals surface area contributed by atoms with Gasteiger partial charge in [0, 0.05) is 0 Å². The molecule has 0 aliphatic carbocycles. The van der Waals surface area contributed by atoms with E-state index in [-0.39, 0.29) is 38.1 Å². The van der Waals surface area contributed by atoms with Crippen LogP contribution in [0.25, 0.3) is 0 Å². The van der Waals surface area contributed by atoms with Gasteiger partial charge in [0.25, 0.3) is 0 Å². The Hall–Kier alpha value is -3.28. The van der Waals surface area contributed by atoms with Crippen LogP contribution >= 0.6 is 0 Å². The first kappa shape index (κ1) is 23.9. The third kappa shape index (κ3) is 5.79. The number of aromatic nitrogens is 2. The van der Waals surface area contributed by atoms with Crippen LogP contribution in [0.2, 0.25) is 0 Å². The van der Waals surface area contributed by atoms with Crippen molar-refractivity contribution in [2.24, 2.45) is 0 Å². The van der Waals surface area contributed by atoms with E-state index in [0.717, 1.165) is 20.1 Å². The number of pyridine rings is 2. The van der Waals surface area contributed by atoms with E-state index in [1.165, 1.54) is 0 Å². The summed E-state index contributed by atoms with van der Waals surface area (Å²) in [5, 5.41) is 5.85. The molecule has 8 heteroatoms. The number of hydrogen-bond acceptors (Lipinski definition) is 4. The predicted octanol–water partition coefficient (Wildman–Crippen LogP) is 2.87. The van der Waals surface area contributed by atoms with Gasteiger partial charge in [0.1, 0.15) is 0 Å². The zero-order valence-electron chi connectivity index (χ0n) is 18.6. The zero-order valence-corrected chi connectivity index (χ0v) is 22.0. The van der Waals surface area contributed by atoms with Gasteiger partial charge >= 0.3 is 210 Å². The molecule has 4 aromatic rings. The topological polar surface area (TPSA) is 84.0 Å². The molecule has 34 heavy (non-hydrogen) atoms. The standard InChI is InChI=1S/C26H22N4O2Se2/c1-17-9-7-15-27-23(17)29-25(31)19-11-3-5-13-21(19)33-34-22-14-6-4-12-20(22)26(32)30-24-18(2)10-8-16-28-24/h3-16H,1-2H3,(H,27,29,31)(H,28,30,32). The van der Waals surface area contributed by atoms with Gasteiger partial charge in [0.15, 0.2) is 0 Å². The number of nitrogens with one attached hydrogen (secondary N) is 2. The molecule has 6 nitrogen and oxygen atoms in total. The number of nitrogens with zero attached hydrogens (tertiary/aromatic N) is 2. The van der Waals surface area contributed by atoms with Crippen LogP contribution in [0.1, 0.15) is 31.8 Å². The Kier molecular flexibility index (Phi) is 7.88. The molecule has 0 fully saturated rings. The molecular weight excluding hydrogens is 558 g/mol. The molecule has 0 radical (unpaired) electrons. The summed E-state index contributed by atoms with van der Waals surface area (Å²) in [5.74, 6) is 0.776. The first-order valence-electron chi connectivity index (χ1n) is 10.5. The molecule has 2 aromatic heterocycles. The van der Waals surface area contributed by atoms with Crippen LogP contribution in [0.3, 0.4) is 0 Å². The summed E-state index contributed by atoms with van der Waals surface area (Å²) in [6, 6.07) is 22.8. The van der Waals surface area contributed by atoms with E-state index in [9.17, 15) is 9.59 Å². The Morgan fingerprint density at radius 1 is 0.618 bits per heavy atom. The average molecular weight is 580 g/mol. The first-order valence-corrected chi connectivity index (χ1v) is 16.6. The van der Waals surface area contributed by atoms with Crippen molar-refractivity contribution < 1.29 is 9.59 Å². The van der Waals surface area contributed by atoms with E-state index in [1.54, 1.807) is 12.4 Å². The number of anilines is 2. The van der Waals surface area contributed by atoms with Crippen molar-refractivity contribution >= 4 is 58.6 Å². The van der Waals surface area contributed by atoms with Crippen LogP contribution in [0.5, 0.6) is 0 Å². The molecule has 0 aliphatic rings. The van der Waals surface area contributed by atoms with Crippen molar-refractivity contribution in [1.29, 1.82) is 0 Å². The molecule has 2 heterocycles. The van der Waals surface area contributed by atoms with Gasteiger partial charge in [0.05, 0.1) is 0 Å². The molecule has 170 valence electrons. The fraction of sp³-hybridized carbons (Fsp3) is 0.0769. The fourth-order valence-corrected chi connectivity index (χ4v) is 10.2. The normalized spacial score (nSPS) is 10.5. The van der Waals surface area contributed by atoms with E-state index in [4.69, 9.17) is 0 Å². The van der Waals surface area contributed by atoms with Gasteiger partial charge in [-0.25, -0.2) is 0 Å². The summed E-state index contributed by atoms with van der Waals surface area (Å²) in [6.07, 6.45) is 3.33. The number of hydrogen-bond donors (Lipinski definition) is 2. The SMILES string of the molecule is Cc1cccnc1NC(=O)c1ccccc1[Se][Se]c1ccccc1C(=O)Nc1ncccc1C. The summed E-state index contributed by atoms with van der Waals surface area (Å²) in [6.45, 7) is 3.83. The number of rotatable bonds is 7. The molecule has 0 aliphatic heterocycles. The van der Waals surface area contributed by atoms with Gasteiger partial charge in [-0.15, -0.1) is 0 Å². The molecule has 2 N–H and O–H groups in total. The number of aryl methyl sites for hydroxylation is 2. The fourth-order valence-electron chi connectivity index (χ4n) is 3.13. The molecule has 0 bridgehead atoms. The number of carbonyl (C=O) groups excluding carboxylic acids is 2. The Labute approximate surface area is 209 Å². The van der Waals surface area contributed by atoms with Crippen molar-refractivity contribution in [2.75, 3.05) is 10.6 Å². The zero-order chi connectivity index (χ0) is 23.9. The molecular formula is C26H22N4O2Se2. The number of carbonyl (C=O) groups is 2. The van der Waals surface area contributed by atoms with Gasteiger partial charge in [0.2, 0.25) is 0 Å². The summed E-state index contributed by atoms with van der Waals surface area (Å²) in [4.78, 5) is 34.5. The molecule has 4 rings (SSSR count). The Bertz CT molecular complexity index is 1240. The quantitative estimate of drug-likeness (QED) is 0.330. The van der Waals surface area contributed by atoms with Crippen LogP contribution < -0.4 is 19.6 Å². The van der Waals surface area contributed by atoms with E-state index < -0.39 is 0 Å². The number of benzene rings is 2. The molecule has 2 amide bonds. The molecule has 2 aromatic carbocycles. The summed E-state index contributed by atoms with van der Waals surface area (Å²) in [5.41, 5.74) is 3.10. The maximum atomic E-state index is 13.0. The van der Waals surface area contributed by atoms with Crippen LogP contribution in [-0.4, -0.2) is 48.0 Å². The third-order valence-electron chi connectivity index (χ3n) is 4.97. The van der Waals surface area contributed by atoms with Gasteiger partial charge in [-0.05, 0) is 0 Å². The average Bonchev–Trinajstić information content (AvgIpc) is 2.86. The van der Waals surface area contributed by atoms with Crippen molar-refractivity contribution in [2.45, 2.75) is 13.8 Å². The van der Waals surface area contributed by atoms with Crippen molar-refractivity contribution in [3.63, 3.8) is 0 Å². The molecule has 0 saturated heterocycles. The molecule has 0 unspecified atom stereocenters. The molecule has 0 spiro atoms. The summed E-state index contributed by atoms with van der Waals surface area (Å²) < 4.78 is 1.99. The first-order chi connectivity index (χ1) is 16.5. The van der Waals surface area contributed by atoms with Gasteiger partial charge in [-0.3, -0.25) is 0 Å². The molecule has 0 saturated carbocycles. The van der Waals surface area contributed by atoms with Crippen molar-refractivity contribution in [3.05, 3.63) is 107 Å². The van der Waals surface area contributed by atoms with Crippen LogP contribution in [0, 0.1) is 13.8 Å². The van der Waals surface area contributed by atoms with Crippen molar-refractivity contribution in [1.82, 2.24) is 9.97 Å². The van der Waals surface area contributed by atoms with Gasteiger partial charge in [-0.2, -0.15) is 0 Å². The predicted molar refractivity (Wildman–Crippen MR) is 138 cm³/mol. The summed E-state index contributed by atoms with van der Waals surface area (Å²) in [7, 11) is 0. The third-order valence-corrected chi connectivity index (χ3v) is 12.2. The van der Waals surface area contributed by atoms with Gasteiger partial charge < -0.3 is 0 Å². The van der Waals surface area contributed by atoms with Crippen molar-refractivity contribution in [3.8, 4) is 0 Å². The Morgan fingerprint density at radius 3 is 1.44 bits per heavy atom. The van der Waals surface area contributed by atoms with Crippen LogP contribution in [0.4, 0.5) is 11.6 Å². The van der Waals surface area contributed by atoms with Gasteiger partial charge in [-0.1, -0.05) is 0 Å². The van der Waals surface area contributed by atoms with E-state index in [0.29, 0.717) is 22.8 Å². The van der Waals surface area contributed by atoms with Crippen LogP contribution in [-0.2, 0) is 0 Å². The summed E-state index contributed by atoms with van der Waals surface area (Å²) >= 11 is -0.00518. The second-order valence-electron chi connectivity index (χ2n) is 7.41. The monoisotopic (exact) mass is 582 g/mol. The Morgan fingerprint density at radius 2 is 1.03 bits per heavy atom. The van der Waals surface area contributed by atoms with E-state index in [1.807, 2.05) is 86.6 Å². The Balaban J connectivity index is 1.51. The van der Waals surface area contributed by atoms with Crippen LogP contribution in [0.15, 0.2) is 85.2 Å². The number of amides is 2. The second kappa shape index (κ2) is 11.2. The minimum atomic E-state index is -0.174. The maximum absolute atomic E-state index is 13.0.